The Hall–Kier alpha value is -2.95. The van der Waals surface area contributed by atoms with Crippen molar-refractivity contribution in [2.75, 3.05) is 12.4 Å². The Kier molecular flexibility index (Phi) is 3.47. The van der Waals surface area contributed by atoms with Gasteiger partial charge in [0, 0.05) is 17.3 Å². The highest BCUT2D eigenvalue weighted by molar-refractivity contribution is 5.62. The molecule has 0 radical (unpaired) electrons. The van der Waals surface area contributed by atoms with Crippen LogP contribution in [0.5, 0.6) is 11.5 Å². The van der Waals surface area contributed by atoms with Gasteiger partial charge in [0.1, 0.15) is 23.5 Å². The van der Waals surface area contributed by atoms with Crippen molar-refractivity contribution >= 4 is 11.7 Å². The molecule has 21 heavy (non-hydrogen) atoms. The van der Waals surface area contributed by atoms with E-state index in [1.54, 1.807) is 31.6 Å². The molecule has 0 saturated heterocycles. The molecule has 0 fully saturated rings. The van der Waals surface area contributed by atoms with Crippen LogP contribution in [0.15, 0.2) is 59.2 Å². The zero-order valence-electron chi connectivity index (χ0n) is 11.4. The maximum Gasteiger partial charge on any atom is 0.299 e. The van der Waals surface area contributed by atoms with Crippen molar-refractivity contribution in [3.05, 3.63) is 54.8 Å². The molecule has 1 aromatic heterocycles. The third kappa shape index (κ3) is 2.97. The topological polar surface area (TPSA) is 67.5 Å². The smallest absolute Gasteiger partial charge is 0.299 e. The first-order valence-corrected chi connectivity index (χ1v) is 6.40. The van der Waals surface area contributed by atoms with Crippen LogP contribution in [0.2, 0.25) is 0 Å². The molecule has 0 aliphatic rings. The number of aromatic nitrogens is 1. The van der Waals surface area contributed by atoms with Crippen molar-refractivity contribution in [3.63, 3.8) is 0 Å². The molecule has 2 N–H and O–H groups in total. The molecule has 5 heteroatoms. The SMILES string of the molecule is COc1ccc(-c2coc(Nc3cccc(O)c3)n2)cc1. The Morgan fingerprint density at radius 3 is 2.67 bits per heavy atom. The van der Waals surface area contributed by atoms with Gasteiger partial charge in [0.2, 0.25) is 0 Å². The number of hydrogen-bond acceptors (Lipinski definition) is 5. The van der Waals surface area contributed by atoms with E-state index >= 15 is 0 Å². The molecule has 0 amide bonds. The summed E-state index contributed by atoms with van der Waals surface area (Å²) in [6.07, 6.45) is 1.58. The van der Waals surface area contributed by atoms with Crippen LogP contribution in [0.3, 0.4) is 0 Å². The first-order chi connectivity index (χ1) is 10.2. The van der Waals surface area contributed by atoms with Gasteiger partial charge in [-0.15, -0.1) is 0 Å². The zero-order chi connectivity index (χ0) is 14.7. The van der Waals surface area contributed by atoms with Crippen LogP contribution in [0.1, 0.15) is 0 Å². The van der Waals surface area contributed by atoms with Gasteiger partial charge < -0.3 is 19.6 Å². The fraction of sp³-hybridized carbons (Fsp3) is 0.0625. The first kappa shape index (κ1) is 13.1. The van der Waals surface area contributed by atoms with Gasteiger partial charge in [-0.25, -0.2) is 0 Å². The summed E-state index contributed by atoms with van der Waals surface area (Å²) in [6.45, 7) is 0. The summed E-state index contributed by atoms with van der Waals surface area (Å²) in [5.41, 5.74) is 2.36. The minimum Gasteiger partial charge on any atom is -0.508 e. The number of hydrogen-bond donors (Lipinski definition) is 2. The number of phenols is 1. The summed E-state index contributed by atoms with van der Waals surface area (Å²) in [5.74, 6) is 0.974. The largest absolute Gasteiger partial charge is 0.508 e. The van der Waals surface area contributed by atoms with Crippen LogP contribution in [-0.4, -0.2) is 17.2 Å². The Bertz CT molecular complexity index is 735. The molecule has 0 unspecified atom stereocenters. The van der Waals surface area contributed by atoms with Crippen molar-refractivity contribution in [1.82, 2.24) is 4.98 Å². The maximum absolute atomic E-state index is 9.42. The second kappa shape index (κ2) is 5.58. The van der Waals surface area contributed by atoms with Crippen LogP contribution in [0.25, 0.3) is 11.3 Å². The van der Waals surface area contributed by atoms with E-state index in [2.05, 4.69) is 10.3 Å². The van der Waals surface area contributed by atoms with Crippen molar-refractivity contribution in [1.29, 1.82) is 0 Å². The van der Waals surface area contributed by atoms with Crippen molar-refractivity contribution < 1.29 is 14.3 Å². The molecule has 5 nitrogen and oxygen atoms in total. The van der Waals surface area contributed by atoms with Crippen molar-refractivity contribution in [3.8, 4) is 22.8 Å². The average molecular weight is 282 g/mol. The molecule has 0 saturated carbocycles. The number of phenolic OH excluding ortho intramolecular Hbond substituents is 1. The summed E-state index contributed by atoms with van der Waals surface area (Å²) >= 11 is 0. The molecule has 106 valence electrons. The highest BCUT2D eigenvalue weighted by Crippen LogP contribution is 2.25. The van der Waals surface area contributed by atoms with Crippen LogP contribution in [0.4, 0.5) is 11.7 Å². The molecule has 1 heterocycles. The molecular weight excluding hydrogens is 268 g/mol. The van der Waals surface area contributed by atoms with Gasteiger partial charge in [0.05, 0.1) is 7.11 Å². The lowest BCUT2D eigenvalue weighted by Gasteiger charge is -2.01. The Balaban J connectivity index is 1.79. The summed E-state index contributed by atoms with van der Waals surface area (Å²) in [5, 5.41) is 12.4. The molecule has 3 aromatic rings. The number of anilines is 2. The number of nitrogens with zero attached hydrogens (tertiary/aromatic N) is 1. The summed E-state index contributed by atoms with van der Waals surface area (Å²) in [4.78, 5) is 4.36. The quantitative estimate of drug-likeness (QED) is 0.761. The summed E-state index contributed by atoms with van der Waals surface area (Å²) < 4.78 is 10.5. The van der Waals surface area contributed by atoms with E-state index in [1.165, 1.54) is 0 Å². The normalized spacial score (nSPS) is 10.3. The average Bonchev–Trinajstić information content (AvgIpc) is 2.96. The van der Waals surface area contributed by atoms with Gasteiger partial charge in [-0.05, 0) is 36.4 Å². The van der Waals surface area contributed by atoms with Gasteiger partial charge in [-0.1, -0.05) is 6.07 Å². The highest BCUT2D eigenvalue weighted by atomic mass is 16.5. The van der Waals surface area contributed by atoms with Gasteiger partial charge in [-0.3, -0.25) is 0 Å². The molecule has 0 atom stereocenters. The summed E-state index contributed by atoms with van der Waals surface area (Å²) in [7, 11) is 1.63. The second-order valence-corrected chi connectivity index (χ2v) is 4.44. The fourth-order valence-electron chi connectivity index (χ4n) is 1.93. The van der Waals surface area contributed by atoms with Crippen LogP contribution in [-0.2, 0) is 0 Å². The molecule has 0 bridgehead atoms. The van der Waals surface area contributed by atoms with Gasteiger partial charge in [0.15, 0.2) is 0 Å². The van der Waals surface area contributed by atoms with Gasteiger partial charge in [0.25, 0.3) is 6.01 Å². The van der Waals surface area contributed by atoms with Crippen molar-refractivity contribution in [2.45, 2.75) is 0 Å². The number of benzene rings is 2. The number of oxazole rings is 1. The zero-order valence-corrected chi connectivity index (χ0v) is 11.4. The third-order valence-electron chi connectivity index (χ3n) is 2.99. The second-order valence-electron chi connectivity index (χ2n) is 4.44. The number of nitrogens with one attached hydrogen (secondary N) is 1. The number of rotatable bonds is 4. The highest BCUT2D eigenvalue weighted by Gasteiger charge is 2.07. The third-order valence-corrected chi connectivity index (χ3v) is 2.99. The lowest BCUT2D eigenvalue weighted by atomic mass is 10.2. The minimum atomic E-state index is 0.182. The molecule has 0 spiro atoms. The Labute approximate surface area is 121 Å². The van der Waals surface area contributed by atoms with E-state index in [4.69, 9.17) is 9.15 Å². The van der Waals surface area contributed by atoms with E-state index in [0.717, 1.165) is 17.0 Å². The monoisotopic (exact) mass is 282 g/mol. The molecule has 0 aliphatic heterocycles. The summed E-state index contributed by atoms with van der Waals surface area (Å²) in [6, 6.07) is 14.7. The van der Waals surface area contributed by atoms with Crippen LogP contribution < -0.4 is 10.1 Å². The maximum atomic E-state index is 9.42. The van der Waals surface area contributed by atoms with E-state index in [0.29, 0.717) is 11.7 Å². The minimum absolute atomic E-state index is 0.182. The lowest BCUT2D eigenvalue weighted by Crippen LogP contribution is -1.90. The number of ether oxygens (including phenoxy) is 1. The predicted octanol–water partition coefficient (Wildman–Crippen LogP) is 3.80. The number of methoxy groups -OCH3 is 1. The number of aromatic hydroxyl groups is 1. The van der Waals surface area contributed by atoms with Crippen LogP contribution in [0, 0.1) is 0 Å². The fourth-order valence-corrected chi connectivity index (χ4v) is 1.93. The predicted molar refractivity (Wildman–Crippen MR) is 79.9 cm³/mol. The Morgan fingerprint density at radius 2 is 1.95 bits per heavy atom. The standard InChI is InChI=1S/C16H14N2O3/c1-20-14-7-5-11(6-8-14)15-10-21-16(18-15)17-12-3-2-4-13(19)9-12/h2-10,19H,1H3,(H,17,18). The molecule has 2 aromatic carbocycles. The molecule has 0 aliphatic carbocycles. The molecular formula is C16H14N2O3. The van der Waals surface area contributed by atoms with E-state index < -0.39 is 0 Å². The lowest BCUT2D eigenvalue weighted by molar-refractivity contribution is 0.415. The van der Waals surface area contributed by atoms with Gasteiger partial charge in [-0.2, -0.15) is 4.98 Å². The first-order valence-electron chi connectivity index (χ1n) is 6.40. The van der Waals surface area contributed by atoms with E-state index in [1.807, 2.05) is 30.3 Å². The van der Waals surface area contributed by atoms with E-state index in [-0.39, 0.29) is 5.75 Å². The van der Waals surface area contributed by atoms with Gasteiger partial charge >= 0.3 is 0 Å². The van der Waals surface area contributed by atoms with Crippen LogP contribution >= 0.6 is 0 Å². The molecule has 3 rings (SSSR count). The Morgan fingerprint density at radius 1 is 1.14 bits per heavy atom. The van der Waals surface area contributed by atoms with Crippen molar-refractivity contribution in [2.24, 2.45) is 0 Å². The van der Waals surface area contributed by atoms with E-state index in [9.17, 15) is 5.11 Å².